The van der Waals surface area contributed by atoms with Gasteiger partial charge in [0, 0.05) is 18.8 Å². The first-order valence-corrected chi connectivity index (χ1v) is 7.34. The lowest BCUT2D eigenvalue weighted by molar-refractivity contribution is 0.578. The van der Waals surface area contributed by atoms with Gasteiger partial charge in [0.05, 0.1) is 0 Å². The van der Waals surface area contributed by atoms with Gasteiger partial charge >= 0.3 is 0 Å². The summed E-state index contributed by atoms with van der Waals surface area (Å²) in [5, 5.41) is 13.8. The molecule has 0 bridgehead atoms. The average molecular weight is 335 g/mol. The van der Waals surface area contributed by atoms with Crippen LogP contribution in [-0.4, -0.2) is 33.6 Å². The van der Waals surface area contributed by atoms with Crippen molar-refractivity contribution >= 4 is 31.8 Å². The highest BCUT2D eigenvalue weighted by Gasteiger charge is 2.24. The molecular weight excluding hydrogens is 324 g/mol. The van der Waals surface area contributed by atoms with Crippen LogP contribution in [0.15, 0.2) is 15.7 Å². The first-order valence-electron chi connectivity index (χ1n) is 5.06. The van der Waals surface area contributed by atoms with Gasteiger partial charge in [0.15, 0.2) is 10.4 Å². The highest BCUT2D eigenvalue weighted by molar-refractivity contribution is 9.10. The molecule has 2 heterocycles. The van der Waals surface area contributed by atoms with E-state index in [1.165, 1.54) is 11.7 Å². The van der Waals surface area contributed by atoms with Crippen LogP contribution >= 0.6 is 15.9 Å². The molecule has 18 heavy (non-hydrogen) atoms. The van der Waals surface area contributed by atoms with Crippen LogP contribution in [0.5, 0.6) is 0 Å². The second kappa shape index (κ2) is 4.69. The van der Waals surface area contributed by atoms with Crippen molar-refractivity contribution in [3.05, 3.63) is 16.4 Å². The van der Waals surface area contributed by atoms with E-state index in [2.05, 4.69) is 41.2 Å². The van der Waals surface area contributed by atoms with Crippen LogP contribution in [0.25, 0.3) is 0 Å². The van der Waals surface area contributed by atoms with Crippen molar-refractivity contribution in [3.63, 3.8) is 0 Å². The van der Waals surface area contributed by atoms with Crippen molar-refractivity contribution < 1.29 is 8.42 Å². The lowest BCUT2D eigenvalue weighted by atomic mass is 10.3. The van der Waals surface area contributed by atoms with Gasteiger partial charge in [0.1, 0.15) is 0 Å². The molecule has 10 heteroatoms. The van der Waals surface area contributed by atoms with Crippen molar-refractivity contribution in [1.82, 2.24) is 25.2 Å². The Bertz CT molecular complexity index is 641. The zero-order chi connectivity index (χ0) is 13.3. The topological polar surface area (TPSA) is 106 Å². The molecule has 0 saturated heterocycles. The predicted molar refractivity (Wildman–Crippen MR) is 67.5 cm³/mol. The fraction of sp³-hybridized carbons (Fsp3) is 0.375. The van der Waals surface area contributed by atoms with Crippen LogP contribution in [0.2, 0.25) is 0 Å². The normalized spacial score (nSPS) is 11.7. The second-order valence-corrected chi connectivity index (χ2v) is 5.90. The van der Waals surface area contributed by atoms with E-state index in [4.69, 9.17) is 0 Å². The Hall–Kier alpha value is -1.42. The van der Waals surface area contributed by atoms with Gasteiger partial charge in [0.25, 0.3) is 10.0 Å². The second-order valence-electron chi connectivity index (χ2n) is 3.55. The number of anilines is 1. The summed E-state index contributed by atoms with van der Waals surface area (Å²) in [7, 11) is -2.27. The Morgan fingerprint density at radius 3 is 2.78 bits per heavy atom. The van der Waals surface area contributed by atoms with Crippen LogP contribution in [0.3, 0.4) is 0 Å². The molecule has 0 fully saturated rings. The van der Waals surface area contributed by atoms with Gasteiger partial charge in [-0.1, -0.05) is 12.1 Å². The van der Waals surface area contributed by atoms with Crippen LogP contribution in [0.4, 0.5) is 5.82 Å². The molecule has 98 valence electrons. The van der Waals surface area contributed by atoms with Gasteiger partial charge in [-0.3, -0.25) is 9.82 Å². The van der Waals surface area contributed by atoms with E-state index in [1.807, 2.05) is 6.92 Å². The Morgan fingerprint density at radius 2 is 2.28 bits per heavy atom. The molecule has 0 aliphatic carbocycles. The molecule has 0 aliphatic rings. The van der Waals surface area contributed by atoms with E-state index in [-0.39, 0.29) is 15.4 Å². The third-order valence-corrected chi connectivity index (χ3v) is 4.48. The number of sulfonamides is 1. The molecule has 0 spiro atoms. The molecule has 2 rings (SSSR count). The van der Waals surface area contributed by atoms with Crippen LogP contribution in [0, 0.1) is 0 Å². The van der Waals surface area contributed by atoms with Gasteiger partial charge in [-0.15, -0.1) is 5.10 Å². The highest BCUT2D eigenvalue weighted by atomic mass is 79.9. The standard InChI is InChI=1S/C8H11BrN6O2S/c1-3-5-4-6(11-10-5)13-18(16,17)8-7(9)12-14-15(8)2/h4H,3H2,1-2H3,(H2,10,11,13). The third-order valence-electron chi connectivity index (χ3n) is 2.24. The lowest BCUT2D eigenvalue weighted by Gasteiger charge is -2.04. The summed E-state index contributed by atoms with van der Waals surface area (Å²) in [6.45, 7) is 1.94. The lowest BCUT2D eigenvalue weighted by Crippen LogP contribution is -2.17. The maximum absolute atomic E-state index is 12.1. The molecule has 2 N–H and O–H groups in total. The number of rotatable bonds is 4. The number of nitrogens with one attached hydrogen (secondary N) is 2. The zero-order valence-electron chi connectivity index (χ0n) is 9.68. The van der Waals surface area contributed by atoms with Crippen molar-refractivity contribution in [2.75, 3.05) is 4.72 Å². The van der Waals surface area contributed by atoms with E-state index >= 15 is 0 Å². The molecule has 0 saturated carbocycles. The molecule has 0 unspecified atom stereocenters. The molecule has 0 radical (unpaired) electrons. The smallest absolute Gasteiger partial charge is 0.280 e. The van der Waals surface area contributed by atoms with Crippen LogP contribution < -0.4 is 4.72 Å². The molecule has 0 aliphatic heterocycles. The van der Waals surface area contributed by atoms with E-state index in [0.29, 0.717) is 0 Å². The molecule has 0 amide bonds. The molecule has 2 aromatic heterocycles. The number of H-pyrrole nitrogens is 1. The highest BCUT2D eigenvalue weighted by Crippen LogP contribution is 2.20. The summed E-state index contributed by atoms with van der Waals surface area (Å²) in [5.41, 5.74) is 0.842. The van der Waals surface area contributed by atoms with Crippen LogP contribution in [0.1, 0.15) is 12.6 Å². The molecule has 2 aromatic rings. The number of hydrogen-bond acceptors (Lipinski definition) is 5. The number of aryl methyl sites for hydroxylation is 2. The molecule has 8 nitrogen and oxygen atoms in total. The molecule has 0 atom stereocenters. The first-order chi connectivity index (χ1) is 8.44. The zero-order valence-corrected chi connectivity index (χ0v) is 12.1. The van der Waals surface area contributed by atoms with Gasteiger partial charge in [0.2, 0.25) is 5.03 Å². The maximum Gasteiger partial charge on any atom is 0.283 e. The van der Waals surface area contributed by atoms with E-state index in [1.54, 1.807) is 6.07 Å². The number of hydrogen-bond donors (Lipinski definition) is 2. The summed E-state index contributed by atoms with van der Waals surface area (Å²) < 4.78 is 27.9. The van der Waals surface area contributed by atoms with E-state index in [0.717, 1.165) is 12.1 Å². The first kappa shape index (κ1) is 13.0. The maximum atomic E-state index is 12.1. The van der Waals surface area contributed by atoms with E-state index in [9.17, 15) is 8.42 Å². The Labute approximate surface area is 112 Å². The number of halogens is 1. The van der Waals surface area contributed by atoms with Crippen molar-refractivity contribution in [1.29, 1.82) is 0 Å². The summed E-state index contributed by atoms with van der Waals surface area (Å²) >= 11 is 3.04. The molecular formula is C8H11BrN6O2S. The number of aromatic nitrogens is 5. The van der Waals surface area contributed by atoms with Crippen molar-refractivity contribution in [2.45, 2.75) is 18.4 Å². The van der Waals surface area contributed by atoms with Gasteiger partial charge in [-0.05, 0) is 22.4 Å². The van der Waals surface area contributed by atoms with E-state index < -0.39 is 10.0 Å². The molecule has 0 aromatic carbocycles. The van der Waals surface area contributed by atoms with Crippen molar-refractivity contribution in [2.24, 2.45) is 7.05 Å². The largest absolute Gasteiger partial charge is 0.283 e. The number of aromatic amines is 1. The SMILES string of the molecule is CCc1cc(NS(=O)(=O)c2c(Br)nnn2C)n[nH]1. The van der Waals surface area contributed by atoms with Gasteiger partial charge in [-0.2, -0.15) is 13.5 Å². The van der Waals surface area contributed by atoms with Gasteiger partial charge < -0.3 is 0 Å². The third kappa shape index (κ3) is 2.38. The summed E-state index contributed by atoms with van der Waals surface area (Å²) in [6.07, 6.45) is 0.742. The average Bonchev–Trinajstić information content (AvgIpc) is 2.85. The fourth-order valence-electron chi connectivity index (χ4n) is 1.39. The predicted octanol–water partition coefficient (Wildman–Crippen LogP) is 0.664. The minimum atomic E-state index is -3.77. The Kier molecular flexibility index (Phi) is 3.39. The van der Waals surface area contributed by atoms with Gasteiger partial charge in [-0.25, -0.2) is 4.68 Å². The number of nitrogens with zero attached hydrogens (tertiary/aromatic N) is 4. The Morgan fingerprint density at radius 1 is 1.56 bits per heavy atom. The monoisotopic (exact) mass is 334 g/mol. The summed E-state index contributed by atoms with van der Waals surface area (Å²) in [5.74, 6) is 0.236. The summed E-state index contributed by atoms with van der Waals surface area (Å²) in [6, 6.07) is 1.63. The van der Waals surface area contributed by atoms with Crippen LogP contribution in [-0.2, 0) is 23.5 Å². The Balaban J connectivity index is 2.33. The minimum Gasteiger partial charge on any atom is -0.280 e. The summed E-state index contributed by atoms with van der Waals surface area (Å²) in [4.78, 5) is 0. The fourth-order valence-corrected chi connectivity index (χ4v) is 3.48. The minimum absolute atomic E-state index is 0.0523. The van der Waals surface area contributed by atoms with Crippen molar-refractivity contribution in [3.8, 4) is 0 Å². The quantitative estimate of drug-likeness (QED) is 0.854.